The number of rotatable bonds is 4. The number of benzene rings is 1. The Bertz CT molecular complexity index is 756. The summed E-state index contributed by atoms with van der Waals surface area (Å²) in [5, 5.41) is 2.99. The molecule has 0 bridgehead atoms. The topological polar surface area (TPSA) is 76.3 Å². The monoisotopic (exact) mass is 301 g/mol. The molecule has 0 radical (unpaired) electrons. The lowest BCUT2D eigenvalue weighted by Crippen LogP contribution is -2.15. The summed E-state index contributed by atoms with van der Waals surface area (Å²) < 4.78 is 5.18. The molecule has 0 saturated heterocycles. The average molecular weight is 301 g/mol. The van der Waals surface area contributed by atoms with Crippen molar-refractivity contribution in [1.29, 1.82) is 0 Å². The fraction of sp³-hybridized carbons (Fsp3) is 0.143. The molecule has 0 fully saturated rings. The molecule has 0 aliphatic carbocycles. The van der Waals surface area contributed by atoms with Crippen molar-refractivity contribution in [3.05, 3.63) is 35.7 Å². The zero-order valence-corrected chi connectivity index (χ0v) is 12.5. The first-order valence-electron chi connectivity index (χ1n) is 6.32. The van der Waals surface area contributed by atoms with Gasteiger partial charge in [0.25, 0.3) is 0 Å². The Balaban J connectivity index is 2.07. The molecule has 3 N–H and O–H groups in total. The number of anilines is 3. The molecular formula is C14H15N5OS. The normalized spacial score (nSPS) is 10.6. The number of thiophene rings is 1. The van der Waals surface area contributed by atoms with Gasteiger partial charge in [-0.3, -0.25) is 5.43 Å². The highest BCUT2D eigenvalue weighted by Crippen LogP contribution is 2.32. The number of hydrogen-bond donors (Lipinski definition) is 2. The fourth-order valence-electron chi connectivity index (χ4n) is 2.09. The van der Waals surface area contributed by atoms with Gasteiger partial charge in [0.15, 0.2) is 0 Å². The number of fused-ring (bicyclic) bond motifs is 1. The minimum Gasteiger partial charge on any atom is -0.497 e. The zero-order valence-electron chi connectivity index (χ0n) is 11.7. The molecule has 2 aromatic heterocycles. The van der Waals surface area contributed by atoms with Crippen molar-refractivity contribution in [1.82, 2.24) is 9.97 Å². The third-order valence-corrected chi connectivity index (χ3v) is 4.02. The summed E-state index contributed by atoms with van der Waals surface area (Å²) in [6.07, 6.45) is 0. The molecule has 0 atom stereocenters. The van der Waals surface area contributed by atoms with Gasteiger partial charge in [-0.15, -0.1) is 11.3 Å². The smallest absolute Gasteiger partial charge is 0.240 e. The summed E-state index contributed by atoms with van der Waals surface area (Å²) in [4.78, 5) is 11.7. The molecule has 3 aromatic rings. The van der Waals surface area contributed by atoms with Crippen molar-refractivity contribution in [3.8, 4) is 5.75 Å². The Morgan fingerprint density at radius 3 is 2.62 bits per heavy atom. The Labute approximate surface area is 126 Å². The molecule has 108 valence electrons. The summed E-state index contributed by atoms with van der Waals surface area (Å²) in [6.45, 7) is 0. The minimum absolute atomic E-state index is 0.403. The maximum atomic E-state index is 5.45. The van der Waals surface area contributed by atoms with Gasteiger partial charge in [0, 0.05) is 12.7 Å². The number of hydrazine groups is 1. The van der Waals surface area contributed by atoms with E-state index in [1.807, 2.05) is 47.7 Å². The molecular weight excluding hydrogens is 286 g/mol. The van der Waals surface area contributed by atoms with Crippen LogP contribution in [0.15, 0.2) is 35.7 Å². The summed E-state index contributed by atoms with van der Waals surface area (Å²) in [5.74, 6) is 7.48. The number of nitrogens with one attached hydrogen (secondary N) is 1. The highest BCUT2D eigenvalue weighted by atomic mass is 32.1. The van der Waals surface area contributed by atoms with Crippen molar-refractivity contribution in [2.24, 2.45) is 5.84 Å². The van der Waals surface area contributed by atoms with E-state index in [0.717, 1.165) is 27.5 Å². The summed E-state index contributed by atoms with van der Waals surface area (Å²) in [6, 6.07) is 9.80. The van der Waals surface area contributed by atoms with E-state index in [2.05, 4.69) is 15.4 Å². The van der Waals surface area contributed by atoms with Crippen molar-refractivity contribution < 1.29 is 4.74 Å². The first-order chi connectivity index (χ1) is 10.2. The summed E-state index contributed by atoms with van der Waals surface area (Å²) in [7, 11) is 3.61. The minimum atomic E-state index is 0.403. The third-order valence-electron chi connectivity index (χ3n) is 3.21. The van der Waals surface area contributed by atoms with E-state index in [0.29, 0.717) is 5.95 Å². The molecule has 0 amide bonds. The average Bonchev–Trinajstić information content (AvgIpc) is 3.01. The number of methoxy groups -OCH3 is 1. The van der Waals surface area contributed by atoms with Crippen LogP contribution in [-0.2, 0) is 0 Å². The van der Waals surface area contributed by atoms with E-state index in [9.17, 15) is 0 Å². The van der Waals surface area contributed by atoms with Crippen molar-refractivity contribution in [2.75, 3.05) is 24.5 Å². The molecule has 0 aliphatic heterocycles. The van der Waals surface area contributed by atoms with Crippen molar-refractivity contribution >= 4 is 39.0 Å². The lowest BCUT2D eigenvalue weighted by molar-refractivity contribution is 0.415. The van der Waals surface area contributed by atoms with Crippen LogP contribution in [0.3, 0.4) is 0 Å². The Morgan fingerprint density at radius 1 is 1.19 bits per heavy atom. The number of hydrogen-bond acceptors (Lipinski definition) is 7. The second-order valence-electron chi connectivity index (χ2n) is 4.41. The van der Waals surface area contributed by atoms with Gasteiger partial charge in [0.2, 0.25) is 5.95 Å². The molecule has 0 aliphatic rings. The number of nitrogens with two attached hydrogens (primary N) is 1. The lowest BCUT2D eigenvalue weighted by Gasteiger charge is -2.20. The Kier molecular flexibility index (Phi) is 3.59. The van der Waals surface area contributed by atoms with Gasteiger partial charge < -0.3 is 9.64 Å². The van der Waals surface area contributed by atoms with Gasteiger partial charge in [-0.2, -0.15) is 4.98 Å². The van der Waals surface area contributed by atoms with Crippen LogP contribution in [0.2, 0.25) is 0 Å². The number of ether oxygens (including phenoxy) is 1. The van der Waals surface area contributed by atoms with E-state index in [1.54, 1.807) is 18.4 Å². The van der Waals surface area contributed by atoms with Crippen LogP contribution in [-0.4, -0.2) is 24.1 Å². The van der Waals surface area contributed by atoms with E-state index < -0.39 is 0 Å². The molecule has 0 spiro atoms. The molecule has 1 aromatic carbocycles. The van der Waals surface area contributed by atoms with Gasteiger partial charge in [0.05, 0.1) is 12.5 Å². The summed E-state index contributed by atoms with van der Waals surface area (Å²) >= 11 is 1.56. The second kappa shape index (κ2) is 5.55. The van der Waals surface area contributed by atoms with Crippen LogP contribution < -0.4 is 20.9 Å². The first-order valence-corrected chi connectivity index (χ1v) is 7.20. The Morgan fingerprint density at radius 2 is 1.95 bits per heavy atom. The molecule has 7 heteroatoms. The Hall–Kier alpha value is -2.38. The highest BCUT2D eigenvalue weighted by molar-refractivity contribution is 7.16. The summed E-state index contributed by atoms with van der Waals surface area (Å²) in [5.41, 5.74) is 3.52. The lowest BCUT2D eigenvalue weighted by atomic mass is 10.2. The van der Waals surface area contributed by atoms with Crippen LogP contribution in [0.4, 0.5) is 17.5 Å². The van der Waals surface area contributed by atoms with Gasteiger partial charge in [-0.25, -0.2) is 10.8 Å². The first kappa shape index (κ1) is 13.6. The maximum absolute atomic E-state index is 5.45. The molecule has 6 nitrogen and oxygen atoms in total. The van der Waals surface area contributed by atoms with Gasteiger partial charge in [-0.1, -0.05) is 0 Å². The molecule has 0 unspecified atom stereocenters. The number of nitrogen functional groups attached to an aromatic ring is 1. The fourth-order valence-corrected chi connectivity index (χ4v) is 2.85. The van der Waals surface area contributed by atoms with Gasteiger partial charge >= 0.3 is 0 Å². The van der Waals surface area contributed by atoms with Gasteiger partial charge in [0.1, 0.15) is 16.4 Å². The predicted octanol–water partition coefficient (Wildman–Crippen LogP) is 2.75. The van der Waals surface area contributed by atoms with E-state index >= 15 is 0 Å². The SMILES string of the molecule is COc1ccc(N(C)c2nc(NN)nc3sccc23)cc1. The standard InChI is InChI=1S/C14H15N5OS/c1-19(9-3-5-10(20-2)6-4-9)12-11-7-8-21-13(11)17-14(16-12)18-15/h3-8H,15H2,1-2H3,(H,16,17,18). The quantitative estimate of drug-likeness (QED) is 0.570. The van der Waals surface area contributed by atoms with Gasteiger partial charge in [-0.05, 0) is 35.7 Å². The van der Waals surface area contributed by atoms with Crippen LogP contribution >= 0.6 is 11.3 Å². The second-order valence-corrected chi connectivity index (χ2v) is 5.31. The van der Waals surface area contributed by atoms with Crippen LogP contribution in [0, 0.1) is 0 Å². The molecule has 2 heterocycles. The van der Waals surface area contributed by atoms with E-state index in [-0.39, 0.29) is 0 Å². The number of nitrogens with zero attached hydrogens (tertiary/aromatic N) is 3. The maximum Gasteiger partial charge on any atom is 0.240 e. The van der Waals surface area contributed by atoms with E-state index in [1.165, 1.54) is 0 Å². The molecule has 3 rings (SSSR count). The highest BCUT2D eigenvalue weighted by Gasteiger charge is 2.13. The van der Waals surface area contributed by atoms with Crippen LogP contribution in [0.25, 0.3) is 10.2 Å². The predicted molar refractivity (Wildman–Crippen MR) is 86.3 cm³/mol. The molecule has 21 heavy (non-hydrogen) atoms. The largest absolute Gasteiger partial charge is 0.497 e. The number of aromatic nitrogens is 2. The third kappa shape index (κ3) is 2.48. The van der Waals surface area contributed by atoms with Crippen molar-refractivity contribution in [2.45, 2.75) is 0 Å². The van der Waals surface area contributed by atoms with Crippen LogP contribution in [0.5, 0.6) is 5.75 Å². The van der Waals surface area contributed by atoms with Crippen LogP contribution in [0.1, 0.15) is 0 Å². The zero-order chi connectivity index (χ0) is 14.8. The van der Waals surface area contributed by atoms with E-state index in [4.69, 9.17) is 10.6 Å². The molecule has 0 saturated carbocycles. The van der Waals surface area contributed by atoms with Crippen molar-refractivity contribution in [3.63, 3.8) is 0 Å².